The maximum atomic E-state index is 12.2. The number of carbonyl (C=O) groups excluding carboxylic acids is 1. The molecule has 144 valence electrons. The summed E-state index contributed by atoms with van der Waals surface area (Å²) in [5.74, 6) is -0.107. The summed E-state index contributed by atoms with van der Waals surface area (Å²) < 4.78 is 7.22. The summed E-state index contributed by atoms with van der Waals surface area (Å²) in [6.45, 7) is 4.57. The van der Waals surface area contributed by atoms with E-state index in [1.54, 1.807) is 0 Å². The van der Waals surface area contributed by atoms with Gasteiger partial charge in [0.2, 0.25) is 0 Å². The third-order valence-corrected chi connectivity index (χ3v) is 4.49. The fourth-order valence-electron chi connectivity index (χ4n) is 3.07. The molecule has 0 fully saturated rings. The van der Waals surface area contributed by atoms with E-state index < -0.39 is 0 Å². The van der Waals surface area contributed by atoms with Crippen molar-refractivity contribution in [3.05, 3.63) is 30.6 Å². The summed E-state index contributed by atoms with van der Waals surface area (Å²) in [4.78, 5) is 12.2. The summed E-state index contributed by atoms with van der Waals surface area (Å²) in [7, 11) is 0. The van der Waals surface area contributed by atoms with Crippen molar-refractivity contribution in [3.8, 4) is 0 Å². The van der Waals surface area contributed by atoms with Crippen molar-refractivity contribution in [2.45, 2.75) is 90.5 Å². The zero-order chi connectivity index (χ0) is 17.5. The smallest absolute Gasteiger partial charge is 0.375 e. The van der Waals surface area contributed by atoms with Crippen molar-refractivity contribution in [1.29, 1.82) is 0 Å². The molecule has 1 heterocycles. The van der Waals surface area contributed by atoms with Gasteiger partial charge in [0.05, 0.1) is 6.61 Å². The molecule has 25 heavy (non-hydrogen) atoms. The van der Waals surface area contributed by atoms with E-state index >= 15 is 0 Å². The highest BCUT2D eigenvalue weighted by atomic mass is 79.9. The van der Waals surface area contributed by atoms with E-state index in [0.717, 1.165) is 12.8 Å². The van der Waals surface area contributed by atoms with Gasteiger partial charge in [-0.05, 0) is 13.3 Å². The maximum absolute atomic E-state index is 12.2. The van der Waals surface area contributed by atoms with Crippen molar-refractivity contribution in [1.82, 2.24) is 0 Å². The van der Waals surface area contributed by atoms with E-state index in [2.05, 4.69) is 6.92 Å². The molecule has 1 rings (SSSR count). The van der Waals surface area contributed by atoms with Crippen molar-refractivity contribution in [2.75, 3.05) is 6.61 Å². The predicted octanol–water partition coefficient (Wildman–Crippen LogP) is 2.39. The van der Waals surface area contributed by atoms with Crippen molar-refractivity contribution >= 4 is 5.97 Å². The molecule has 0 aliphatic carbocycles. The van der Waals surface area contributed by atoms with E-state index in [0.29, 0.717) is 6.61 Å². The fourth-order valence-corrected chi connectivity index (χ4v) is 3.07. The van der Waals surface area contributed by atoms with Crippen LogP contribution in [0.4, 0.5) is 0 Å². The van der Waals surface area contributed by atoms with Gasteiger partial charge in [-0.15, -0.1) is 0 Å². The van der Waals surface area contributed by atoms with Crippen molar-refractivity contribution in [3.63, 3.8) is 0 Å². The Balaban J connectivity index is 0.00000576. The van der Waals surface area contributed by atoms with Crippen LogP contribution in [-0.4, -0.2) is 12.6 Å². The normalized spacial score (nSPS) is 11.6. The molecule has 3 nitrogen and oxygen atoms in total. The highest BCUT2D eigenvalue weighted by molar-refractivity contribution is 5.72. The van der Waals surface area contributed by atoms with Crippen LogP contribution >= 0.6 is 0 Å². The van der Waals surface area contributed by atoms with E-state index in [4.69, 9.17) is 4.74 Å². The minimum absolute atomic E-state index is 0. The first-order chi connectivity index (χ1) is 11.8. The zero-order valence-corrected chi connectivity index (χ0v) is 17.7. The number of halogens is 1. The lowest BCUT2D eigenvalue weighted by Crippen LogP contribution is -3.00. The third kappa shape index (κ3) is 11.4. The van der Waals surface area contributed by atoms with Gasteiger partial charge < -0.3 is 21.7 Å². The molecule has 0 spiro atoms. The van der Waals surface area contributed by atoms with Gasteiger partial charge in [0.1, 0.15) is 0 Å². The molecule has 4 heteroatoms. The Morgan fingerprint density at radius 3 is 1.88 bits per heavy atom. The van der Waals surface area contributed by atoms with Gasteiger partial charge in [-0.25, -0.2) is 4.79 Å². The van der Waals surface area contributed by atoms with Crippen molar-refractivity contribution < 1.29 is 31.1 Å². The summed E-state index contributed by atoms with van der Waals surface area (Å²) in [6.07, 6.45) is 17.9. The Bertz CT molecular complexity index is 425. The largest absolute Gasteiger partial charge is 1.00 e. The minimum Gasteiger partial charge on any atom is -1.00 e. The number of hydrogen-bond donors (Lipinski definition) is 0. The molecule has 1 aromatic rings. The first-order valence-electron chi connectivity index (χ1n) is 9.92. The molecule has 1 unspecified atom stereocenters. The van der Waals surface area contributed by atoms with Crippen LogP contribution in [0.25, 0.3) is 0 Å². The average Bonchev–Trinajstić information content (AvgIpc) is 2.60. The SMILES string of the molecule is CCCCCCCCCCCCC(C(=O)OCC)[n+]1ccccc1.[Br-]. The first-order valence-corrected chi connectivity index (χ1v) is 9.92. The van der Waals surface area contributed by atoms with Gasteiger partial charge in [-0.2, -0.15) is 4.57 Å². The standard InChI is InChI=1S/C21H36NO2.BrH/c1-3-5-6-7-8-9-10-11-12-14-17-20(21(23)24-4-2)22-18-15-13-16-19-22;/h13,15-16,18-20H,3-12,14,17H2,1-2H3;1H/q+1;/p-1. The molecule has 0 aliphatic rings. The summed E-state index contributed by atoms with van der Waals surface area (Å²) in [5.41, 5.74) is 0. The van der Waals surface area contributed by atoms with Gasteiger partial charge in [-0.1, -0.05) is 70.8 Å². The molecule has 0 aliphatic heterocycles. The Kier molecular flexibility index (Phi) is 16.0. The number of unbranched alkanes of at least 4 members (excludes halogenated alkanes) is 9. The topological polar surface area (TPSA) is 30.2 Å². The number of rotatable bonds is 14. The Labute approximate surface area is 164 Å². The molecular formula is C21H36BrNO2. The quantitative estimate of drug-likeness (QED) is 0.266. The fraction of sp³-hybridized carbons (Fsp3) is 0.714. The van der Waals surface area contributed by atoms with Crippen LogP contribution in [0.2, 0.25) is 0 Å². The third-order valence-electron chi connectivity index (χ3n) is 4.49. The van der Waals surface area contributed by atoms with Crippen LogP contribution in [0.3, 0.4) is 0 Å². The second-order valence-electron chi connectivity index (χ2n) is 6.56. The molecule has 0 aromatic carbocycles. The monoisotopic (exact) mass is 413 g/mol. The highest BCUT2D eigenvalue weighted by Gasteiger charge is 2.27. The van der Waals surface area contributed by atoms with Crippen LogP contribution < -0.4 is 21.5 Å². The Morgan fingerprint density at radius 1 is 0.840 bits per heavy atom. The summed E-state index contributed by atoms with van der Waals surface area (Å²) >= 11 is 0. The number of esters is 1. The second-order valence-corrected chi connectivity index (χ2v) is 6.56. The Hall–Kier alpha value is -0.900. The summed E-state index contributed by atoms with van der Waals surface area (Å²) in [5, 5.41) is 0. The number of hydrogen-bond acceptors (Lipinski definition) is 2. The summed E-state index contributed by atoms with van der Waals surface area (Å²) in [6, 6.07) is 5.72. The Morgan fingerprint density at radius 2 is 1.36 bits per heavy atom. The van der Waals surface area contributed by atoms with E-state index in [1.807, 2.05) is 42.1 Å². The van der Waals surface area contributed by atoms with Crippen LogP contribution in [0, 0.1) is 0 Å². The molecule has 0 saturated heterocycles. The number of nitrogens with zero attached hydrogens (tertiary/aromatic N) is 1. The lowest BCUT2D eigenvalue weighted by atomic mass is 10.0. The minimum atomic E-state index is -0.180. The van der Waals surface area contributed by atoms with Gasteiger partial charge in [0.15, 0.2) is 12.4 Å². The average molecular weight is 414 g/mol. The van der Waals surface area contributed by atoms with Crippen LogP contribution in [-0.2, 0) is 9.53 Å². The maximum Gasteiger partial charge on any atom is 0.375 e. The lowest BCUT2D eigenvalue weighted by Gasteiger charge is -2.11. The van der Waals surface area contributed by atoms with E-state index in [-0.39, 0.29) is 29.0 Å². The van der Waals surface area contributed by atoms with Crippen molar-refractivity contribution in [2.24, 2.45) is 0 Å². The highest BCUT2D eigenvalue weighted by Crippen LogP contribution is 2.15. The molecular weight excluding hydrogens is 378 g/mol. The van der Waals surface area contributed by atoms with Gasteiger partial charge >= 0.3 is 5.97 Å². The number of ether oxygens (including phenoxy) is 1. The molecule has 0 radical (unpaired) electrons. The van der Waals surface area contributed by atoms with E-state index in [1.165, 1.54) is 57.8 Å². The lowest BCUT2D eigenvalue weighted by molar-refractivity contribution is -0.711. The molecule has 0 amide bonds. The molecule has 0 bridgehead atoms. The number of carbonyl (C=O) groups is 1. The zero-order valence-electron chi connectivity index (χ0n) is 16.1. The number of aromatic nitrogens is 1. The molecule has 0 N–H and O–H groups in total. The molecule has 1 aromatic heterocycles. The van der Waals surface area contributed by atoms with Gasteiger partial charge in [0.25, 0.3) is 6.04 Å². The molecule has 1 atom stereocenters. The van der Waals surface area contributed by atoms with Crippen LogP contribution in [0.15, 0.2) is 30.6 Å². The number of pyridine rings is 1. The van der Waals surface area contributed by atoms with Gasteiger partial charge in [-0.3, -0.25) is 0 Å². The first kappa shape index (κ1) is 24.1. The van der Waals surface area contributed by atoms with Crippen LogP contribution in [0.1, 0.15) is 90.5 Å². The van der Waals surface area contributed by atoms with Crippen LogP contribution in [0.5, 0.6) is 0 Å². The predicted molar refractivity (Wildman–Crippen MR) is 98.8 cm³/mol. The van der Waals surface area contributed by atoms with Gasteiger partial charge in [0, 0.05) is 18.6 Å². The van der Waals surface area contributed by atoms with E-state index in [9.17, 15) is 4.79 Å². The molecule has 0 saturated carbocycles. The second kappa shape index (κ2) is 16.6.